The van der Waals surface area contributed by atoms with Gasteiger partial charge in [-0.3, -0.25) is 4.79 Å². The van der Waals surface area contributed by atoms with Crippen molar-refractivity contribution in [3.8, 4) is 0 Å². The van der Waals surface area contributed by atoms with Crippen molar-refractivity contribution in [2.45, 2.75) is 72.5 Å². The molecule has 0 radical (unpaired) electrons. The maximum atomic E-state index is 12.9. The van der Waals surface area contributed by atoms with E-state index in [1.54, 1.807) is 6.07 Å². The molecule has 0 bridgehead atoms. The Kier molecular flexibility index (Phi) is 10.5. The van der Waals surface area contributed by atoms with Gasteiger partial charge in [-0.2, -0.15) is 13.2 Å². The second-order valence-corrected chi connectivity index (χ2v) is 11.1. The quantitative estimate of drug-likeness (QED) is 0.183. The highest BCUT2D eigenvalue weighted by Gasteiger charge is 2.32. The van der Waals surface area contributed by atoms with Crippen LogP contribution in [0.2, 0.25) is 0 Å². The van der Waals surface area contributed by atoms with Gasteiger partial charge in [0.25, 0.3) is 0 Å². The van der Waals surface area contributed by atoms with Crippen LogP contribution in [0, 0.1) is 5.41 Å². The molecule has 1 aliphatic carbocycles. The molecule has 40 heavy (non-hydrogen) atoms. The number of allylic oxidation sites excluding steroid dienone is 9. The first-order valence-corrected chi connectivity index (χ1v) is 13.7. The Morgan fingerprint density at radius 3 is 2.67 bits per heavy atom. The second-order valence-electron chi connectivity index (χ2n) is 11.1. The molecule has 3 rings (SSSR count). The van der Waals surface area contributed by atoms with E-state index in [2.05, 4.69) is 54.7 Å². The fourth-order valence-corrected chi connectivity index (χ4v) is 5.08. The van der Waals surface area contributed by atoms with E-state index in [-0.39, 0.29) is 11.3 Å². The average Bonchev–Trinajstić information content (AvgIpc) is 3.40. The molecule has 214 valence electrons. The normalized spacial score (nSPS) is 18.6. The van der Waals surface area contributed by atoms with Crippen molar-refractivity contribution in [3.63, 3.8) is 0 Å². The van der Waals surface area contributed by atoms with Crippen LogP contribution < -0.4 is 5.32 Å². The van der Waals surface area contributed by atoms with E-state index < -0.39 is 11.7 Å². The Balaban J connectivity index is 1.51. The van der Waals surface area contributed by atoms with Crippen molar-refractivity contribution >= 4 is 5.91 Å². The molecule has 1 aromatic carbocycles. The number of amides is 1. The van der Waals surface area contributed by atoms with Crippen LogP contribution in [-0.2, 0) is 17.4 Å². The lowest BCUT2D eigenvalue weighted by Gasteiger charge is -2.37. The molecule has 0 spiro atoms. The number of rotatable bonds is 10. The van der Waals surface area contributed by atoms with Gasteiger partial charge >= 0.3 is 6.18 Å². The highest BCUT2D eigenvalue weighted by Crippen LogP contribution is 2.45. The van der Waals surface area contributed by atoms with Gasteiger partial charge in [0.2, 0.25) is 5.91 Å². The Hall–Kier alpha value is -3.61. The Bertz CT molecular complexity index is 1310. The van der Waals surface area contributed by atoms with E-state index in [1.807, 2.05) is 43.9 Å². The SMILES string of the molecule is CC1=C(/C=C/C(C)=C/C=C/C(C)=C\C(=O)NCCCc2cccc(C(F)(F)F)c2)C(C)(C)CCC1n1ccnc1. The van der Waals surface area contributed by atoms with Crippen LogP contribution in [0.5, 0.6) is 0 Å². The standard InChI is InChI=1S/C33H40F3N3O/c1-24(14-15-29-26(3)30(16-17-32(29,4)5)39-20-19-37-23-39)9-6-10-25(2)21-31(40)38-18-8-12-27-11-7-13-28(22-27)33(34,35)36/h6-7,9-11,13-15,19-23,30H,8,12,16-18H2,1-5H3,(H,38,40)/b10-6+,15-14+,24-9+,25-21-. The summed E-state index contributed by atoms with van der Waals surface area (Å²) in [6.07, 6.45) is 16.3. The number of carbonyl (C=O) groups excluding carboxylic acids is 1. The summed E-state index contributed by atoms with van der Waals surface area (Å²) in [6, 6.07) is 5.64. The second kappa shape index (κ2) is 13.6. The van der Waals surface area contributed by atoms with Crippen molar-refractivity contribution in [2.24, 2.45) is 5.41 Å². The van der Waals surface area contributed by atoms with Gasteiger partial charge in [0.05, 0.1) is 17.9 Å². The average molecular weight is 552 g/mol. The van der Waals surface area contributed by atoms with E-state index >= 15 is 0 Å². The van der Waals surface area contributed by atoms with Gasteiger partial charge in [0, 0.05) is 25.0 Å². The lowest BCUT2D eigenvalue weighted by atomic mass is 9.71. The van der Waals surface area contributed by atoms with Crippen LogP contribution in [0.4, 0.5) is 13.2 Å². The minimum Gasteiger partial charge on any atom is -0.353 e. The van der Waals surface area contributed by atoms with Crippen molar-refractivity contribution in [2.75, 3.05) is 6.54 Å². The van der Waals surface area contributed by atoms with Gasteiger partial charge in [0.15, 0.2) is 0 Å². The number of nitrogens with one attached hydrogen (secondary N) is 1. The number of alkyl halides is 3. The number of aryl methyl sites for hydroxylation is 1. The van der Waals surface area contributed by atoms with Gasteiger partial charge in [-0.05, 0) is 80.2 Å². The molecule has 0 saturated carbocycles. The minimum atomic E-state index is -4.35. The van der Waals surface area contributed by atoms with E-state index in [4.69, 9.17) is 0 Å². The summed E-state index contributed by atoms with van der Waals surface area (Å²) in [5.74, 6) is -0.221. The third-order valence-electron chi connectivity index (χ3n) is 7.37. The lowest BCUT2D eigenvalue weighted by Crippen LogP contribution is -2.25. The van der Waals surface area contributed by atoms with Crippen molar-refractivity contribution in [3.05, 3.63) is 113 Å². The van der Waals surface area contributed by atoms with Crippen LogP contribution >= 0.6 is 0 Å². The predicted molar refractivity (Wildman–Crippen MR) is 156 cm³/mol. The molecule has 4 nitrogen and oxygen atoms in total. The zero-order valence-electron chi connectivity index (χ0n) is 24.1. The first kappa shape index (κ1) is 30.9. The van der Waals surface area contributed by atoms with Gasteiger partial charge in [-0.25, -0.2) is 4.98 Å². The third kappa shape index (κ3) is 8.97. The van der Waals surface area contributed by atoms with E-state index in [1.165, 1.54) is 23.3 Å². The van der Waals surface area contributed by atoms with Crippen molar-refractivity contribution in [1.29, 1.82) is 0 Å². The topological polar surface area (TPSA) is 46.9 Å². The van der Waals surface area contributed by atoms with Crippen molar-refractivity contribution in [1.82, 2.24) is 14.9 Å². The van der Waals surface area contributed by atoms with Gasteiger partial charge in [-0.1, -0.05) is 68.0 Å². The molecule has 0 saturated heterocycles. The van der Waals surface area contributed by atoms with Crippen LogP contribution in [-0.4, -0.2) is 22.0 Å². The number of benzene rings is 1. The van der Waals surface area contributed by atoms with E-state index in [0.29, 0.717) is 31.0 Å². The van der Waals surface area contributed by atoms with Crippen LogP contribution in [0.3, 0.4) is 0 Å². The Morgan fingerprint density at radius 2 is 1.98 bits per heavy atom. The maximum Gasteiger partial charge on any atom is 0.416 e. The summed E-state index contributed by atoms with van der Waals surface area (Å²) < 4.78 is 40.7. The predicted octanol–water partition coefficient (Wildman–Crippen LogP) is 8.33. The third-order valence-corrected chi connectivity index (χ3v) is 7.37. The highest BCUT2D eigenvalue weighted by molar-refractivity contribution is 5.88. The first-order valence-electron chi connectivity index (χ1n) is 13.7. The van der Waals surface area contributed by atoms with Gasteiger partial charge < -0.3 is 9.88 Å². The molecule has 0 fully saturated rings. The summed E-state index contributed by atoms with van der Waals surface area (Å²) in [7, 11) is 0. The fourth-order valence-electron chi connectivity index (χ4n) is 5.08. The minimum absolute atomic E-state index is 0.105. The number of aromatic nitrogens is 2. The number of imidazole rings is 1. The monoisotopic (exact) mass is 551 g/mol. The summed E-state index contributed by atoms with van der Waals surface area (Å²) >= 11 is 0. The summed E-state index contributed by atoms with van der Waals surface area (Å²) in [5.41, 5.74) is 4.69. The molecule has 1 N–H and O–H groups in total. The smallest absolute Gasteiger partial charge is 0.353 e. The largest absolute Gasteiger partial charge is 0.416 e. The number of carbonyl (C=O) groups is 1. The van der Waals surface area contributed by atoms with Crippen LogP contribution in [0.15, 0.2) is 102 Å². The molecule has 0 aliphatic heterocycles. The summed E-state index contributed by atoms with van der Waals surface area (Å²) in [4.78, 5) is 16.4. The van der Waals surface area contributed by atoms with Crippen LogP contribution in [0.1, 0.15) is 71.0 Å². The molecule has 2 aromatic rings. The van der Waals surface area contributed by atoms with Crippen molar-refractivity contribution < 1.29 is 18.0 Å². The number of halogens is 3. The van der Waals surface area contributed by atoms with Gasteiger partial charge in [0.1, 0.15) is 0 Å². The van der Waals surface area contributed by atoms with Gasteiger partial charge in [-0.15, -0.1) is 0 Å². The molecule has 1 amide bonds. The molecule has 1 unspecified atom stereocenters. The number of nitrogens with zero attached hydrogens (tertiary/aromatic N) is 2. The number of hydrogen-bond donors (Lipinski definition) is 1. The molecule has 1 aliphatic rings. The lowest BCUT2D eigenvalue weighted by molar-refractivity contribution is -0.137. The fraction of sp³-hybridized carbons (Fsp3) is 0.394. The molecular formula is C33H40F3N3O. The summed E-state index contributed by atoms with van der Waals surface area (Å²) in [6.45, 7) is 11.1. The molecule has 7 heteroatoms. The zero-order chi connectivity index (χ0) is 29.3. The molecule has 1 atom stereocenters. The van der Waals surface area contributed by atoms with Crippen LogP contribution in [0.25, 0.3) is 0 Å². The Labute approximate surface area is 236 Å². The highest BCUT2D eigenvalue weighted by atomic mass is 19.4. The maximum absolute atomic E-state index is 12.9. The van der Waals surface area contributed by atoms with E-state index in [0.717, 1.165) is 36.1 Å². The molecule has 1 aromatic heterocycles. The molecular weight excluding hydrogens is 511 g/mol. The van der Waals surface area contributed by atoms with E-state index in [9.17, 15) is 18.0 Å². The Morgan fingerprint density at radius 1 is 1.20 bits per heavy atom. The zero-order valence-corrected chi connectivity index (χ0v) is 24.1. The molecule has 1 heterocycles. The first-order chi connectivity index (χ1) is 18.9. The summed E-state index contributed by atoms with van der Waals surface area (Å²) in [5, 5.41) is 2.80. The number of hydrogen-bond acceptors (Lipinski definition) is 2.